The Morgan fingerprint density at radius 3 is 2.31 bits per heavy atom. The third kappa shape index (κ3) is 5.18. The zero-order valence-electron chi connectivity index (χ0n) is 17.6. The van der Waals surface area contributed by atoms with Crippen molar-refractivity contribution in [3.05, 3.63) is 78.9 Å². The summed E-state index contributed by atoms with van der Waals surface area (Å²) in [7, 11) is 0. The highest BCUT2D eigenvalue weighted by atomic mass is 32.2. The summed E-state index contributed by atoms with van der Waals surface area (Å²) in [6.07, 6.45) is 0.160. The van der Waals surface area contributed by atoms with E-state index >= 15 is 0 Å². The van der Waals surface area contributed by atoms with Gasteiger partial charge in [-0.25, -0.2) is 0 Å². The molecule has 6 nitrogen and oxygen atoms in total. The summed E-state index contributed by atoms with van der Waals surface area (Å²) in [5, 5.41) is 5.71. The topological polar surface area (TPSA) is 78.5 Å². The average Bonchev–Trinajstić information content (AvgIpc) is 3.18. The van der Waals surface area contributed by atoms with Gasteiger partial charge in [-0.15, -0.1) is 0 Å². The summed E-state index contributed by atoms with van der Waals surface area (Å²) in [5.41, 5.74) is 2.10. The first-order valence-corrected chi connectivity index (χ1v) is 11.1. The van der Waals surface area contributed by atoms with E-state index in [-0.39, 0.29) is 24.1 Å². The van der Waals surface area contributed by atoms with Crippen molar-refractivity contribution < 1.29 is 14.4 Å². The number of nitrogens with zero attached hydrogens (tertiary/aromatic N) is 1. The van der Waals surface area contributed by atoms with Crippen LogP contribution in [0.2, 0.25) is 0 Å². The van der Waals surface area contributed by atoms with E-state index in [4.69, 9.17) is 0 Å². The Labute approximate surface area is 191 Å². The maximum atomic E-state index is 13.0. The van der Waals surface area contributed by atoms with Crippen molar-refractivity contribution in [2.45, 2.75) is 23.1 Å². The van der Waals surface area contributed by atoms with Gasteiger partial charge in [0.1, 0.15) is 0 Å². The van der Waals surface area contributed by atoms with E-state index in [1.807, 2.05) is 54.6 Å². The van der Waals surface area contributed by atoms with Crippen molar-refractivity contribution in [2.24, 2.45) is 5.92 Å². The molecule has 1 atom stereocenters. The molecule has 0 aromatic heterocycles. The predicted octanol–water partition coefficient (Wildman–Crippen LogP) is 4.79. The van der Waals surface area contributed by atoms with Gasteiger partial charge in [0, 0.05) is 41.1 Å². The lowest BCUT2D eigenvalue weighted by molar-refractivity contribution is -0.122. The quantitative estimate of drug-likeness (QED) is 0.572. The molecule has 1 unspecified atom stereocenters. The Kier molecular flexibility index (Phi) is 6.56. The highest BCUT2D eigenvalue weighted by molar-refractivity contribution is 7.99. The molecule has 1 aliphatic heterocycles. The highest BCUT2D eigenvalue weighted by Gasteiger charge is 2.35. The standard InChI is InChI=1S/C25H23N3O3S/c1-17(29)26-19-11-13-20(14-12-19)28-16-18(15-24(28)30)25(31)27-22-9-5-6-10-23(22)32-21-7-3-2-4-8-21/h2-14,18H,15-16H2,1H3,(H,26,29)(H,27,31). The van der Waals surface area contributed by atoms with Crippen molar-refractivity contribution in [1.29, 1.82) is 0 Å². The minimum Gasteiger partial charge on any atom is -0.326 e. The highest BCUT2D eigenvalue weighted by Crippen LogP contribution is 2.34. The van der Waals surface area contributed by atoms with Gasteiger partial charge in [-0.05, 0) is 48.5 Å². The van der Waals surface area contributed by atoms with Crippen molar-refractivity contribution in [2.75, 3.05) is 22.1 Å². The Morgan fingerprint density at radius 2 is 1.59 bits per heavy atom. The summed E-state index contributed by atoms with van der Waals surface area (Å²) in [6.45, 7) is 1.76. The Balaban J connectivity index is 1.43. The van der Waals surface area contributed by atoms with E-state index < -0.39 is 5.92 Å². The molecule has 0 radical (unpaired) electrons. The minimum absolute atomic E-state index is 0.0932. The minimum atomic E-state index is -0.438. The van der Waals surface area contributed by atoms with Gasteiger partial charge >= 0.3 is 0 Å². The maximum Gasteiger partial charge on any atom is 0.229 e. The molecule has 3 aromatic rings. The zero-order valence-corrected chi connectivity index (χ0v) is 18.4. The normalized spacial score (nSPS) is 15.5. The van der Waals surface area contributed by atoms with Crippen LogP contribution < -0.4 is 15.5 Å². The predicted molar refractivity (Wildman–Crippen MR) is 127 cm³/mol. The maximum absolute atomic E-state index is 13.0. The Hall–Kier alpha value is -3.58. The summed E-state index contributed by atoms with van der Waals surface area (Å²) >= 11 is 1.58. The second-order valence-electron chi connectivity index (χ2n) is 7.53. The lowest BCUT2D eigenvalue weighted by atomic mass is 10.1. The first-order chi connectivity index (χ1) is 15.5. The molecule has 1 saturated heterocycles. The van der Waals surface area contributed by atoms with Crippen molar-refractivity contribution >= 4 is 46.5 Å². The summed E-state index contributed by atoms with van der Waals surface area (Å²) in [4.78, 5) is 40.4. The van der Waals surface area contributed by atoms with Crippen LogP contribution in [0.5, 0.6) is 0 Å². The van der Waals surface area contributed by atoms with Gasteiger partial charge in [-0.2, -0.15) is 0 Å². The average molecular weight is 446 g/mol. The summed E-state index contributed by atoms with van der Waals surface area (Å²) in [5.74, 6) is -0.856. The Bertz CT molecular complexity index is 1130. The fourth-order valence-corrected chi connectivity index (χ4v) is 4.49. The molecule has 1 aliphatic rings. The number of amides is 3. The van der Waals surface area contributed by atoms with Gasteiger partial charge in [-0.3, -0.25) is 14.4 Å². The fourth-order valence-electron chi connectivity index (χ4n) is 3.57. The van der Waals surface area contributed by atoms with E-state index in [1.54, 1.807) is 40.9 Å². The van der Waals surface area contributed by atoms with Crippen molar-refractivity contribution in [3.63, 3.8) is 0 Å². The molecule has 3 aromatic carbocycles. The van der Waals surface area contributed by atoms with E-state index in [1.165, 1.54) is 6.92 Å². The van der Waals surface area contributed by atoms with Crippen LogP contribution in [0.1, 0.15) is 13.3 Å². The number of anilines is 3. The van der Waals surface area contributed by atoms with Gasteiger partial charge in [-0.1, -0.05) is 42.1 Å². The number of carbonyl (C=O) groups is 3. The monoisotopic (exact) mass is 445 g/mol. The molecule has 1 heterocycles. The number of rotatable bonds is 6. The molecule has 0 saturated carbocycles. The molecule has 4 rings (SSSR count). The van der Waals surface area contributed by atoms with Crippen molar-refractivity contribution in [1.82, 2.24) is 0 Å². The van der Waals surface area contributed by atoms with E-state index in [2.05, 4.69) is 10.6 Å². The van der Waals surface area contributed by atoms with E-state index in [9.17, 15) is 14.4 Å². The van der Waals surface area contributed by atoms with Crippen LogP contribution in [-0.4, -0.2) is 24.3 Å². The number of hydrogen-bond acceptors (Lipinski definition) is 4. The molecule has 2 N–H and O–H groups in total. The summed E-state index contributed by atoms with van der Waals surface area (Å²) < 4.78 is 0. The lowest BCUT2D eigenvalue weighted by Crippen LogP contribution is -2.28. The van der Waals surface area contributed by atoms with Crippen LogP contribution in [0.3, 0.4) is 0 Å². The summed E-state index contributed by atoms with van der Waals surface area (Å²) in [6, 6.07) is 24.7. The van der Waals surface area contributed by atoms with E-state index in [0.717, 1.165) is 15.5 Å². The number of benzene rings is 3. The van der Waals surface area contributed by atoms with Crippen LogP contribution in [0, 0.1) is 5.92 Å². The second-order valence-corrected chi connectivity index (χ2v) is 8.65. The van der Waals surface area contributed by atoms with Gasteiger partial charge in [0.2, 0.25) is 17.7 Å². The van der Waals surface area contributed by atoms with Gasteiger partial charge in [0.15, 0.2) is 0 Å². The molecule has 3 amide bonds. The zero-order chi connectivity index (χ0) is 22.5. The first kappa shape index (κ1) is 21.6. The molecule has 162 valence electrons. The number of carbonyl (C=O) groups excluding carboxylic acids is 3. The molecule has 0 bridgehead atoms. The molecule has 32 heavy (non-hydrogen) atoms. The lowest BCUT2D eigenvalue weighted by Gasteiger charge is -2.17. The smallest absolute Gasteiger partial charge is 0.229 e. The second kappa shape index (κ2) is 9.70. The van der Waals surface area contributed by atoms with Crippen LogP contribution in [0.4, 0.5) is 17.1 Å². The molecular formula is C25H23N3O3S. The van der Waals surface area contributed by atoms with Crippen LogP contribution in [0.15, 0.2) is 88.7 Å². The van der Waals surface area contributed by atoms with Gasteiger partial charge < -0.3 is 15.5 Å². The van der Waals surface area contributed by atoms with Gasteiger partial charge in [0.05, 0.1) is 11.6 Å². The van der Waals surface area contributed by atoms with Crippen LogP contribution >= 0.6 is 11.8 Å². The van der Waals surface area contributed by atoms with Crippen LogP contribution in [0.25, 0.3) is 0 Å². The van der Waals surface area contributed by atoms with Gasteiger partial charge in [0.25, 0.3) is 0 Å². The fraction of sp³-hybridized carbons (Fsp3) is 0.160. The SMILES string of the molecule is CC(=O)Nc1ccc(N2CC(C(=O)Nc3ccccc3Sc3ccccc3)CC2=O)cc1. The molecular weight excluding hydrogens is 422 g/mol. The number of nitrogens with one attached hydrogen (secondary N) is 2. The number of para-hydroxylation sites is 1. The largest absolute Gasteiger partial charge is 0.326 e. The first-order valence-electron chi connectivity index (χ1n) is 10.3. The van der Waals surface area contributed by atoms with Crippen LogP contribution in [-0.2, 0) is 14.4 Å². The number of hydrogen-bond donors (Lipinski definition) is 2. The third-order valence-corrected chi connectivity index (χ3v) is 6.19. The molecule has 1 fully saturated rings. The molecule has 0 aliphatic carbocycles. The molecule has 0 spiro atoms. The Morgan fingerprint density at radius 1 is 0.906 bits per heavy atom. The van der Waals surface area contributed by atoms with E-state index in [0.29, 0.717) is 17.9 Å². The third-order valence-electron chi connectivity index (χ3n) is 5.11. The van der Waals surface area contributed by atoms with Crippen molar-refractivity contribution in [3.8, 4) is 0 Å². The molecule has 7 heteroatoms.